The number of amides is 3. The monoisotopic (exact) mass is 551 g/mol. The number of rotatable bonds is 7. The summed E-state index contributed by atoms with van der Waals surface area (Å²) in [6, 6.07) is 5.55. The van der Waals surface area contributed by atoms with Crippen molar-refractivity contribution in [2.75, 3.05) is 16.0 Å². The highest BCUT2D eigenvalue weighted by Crippen LogP contribution is 2.35. The van der Waals surface area contributed by atoms with Gasteiger partial charge in [-0.25, -0.2) is 0 Å². The molecule has 0 bridgehead atoms. The van der Waals surface area contributed by atoms with Gasteiger partial charge in [-0.3, -0.25) is 14.4 Å². The standard InChI is InChI=1S/C34H53N3O3/c1-24(2)25-17-19-28(20-18-25)34(40)37-31-22-29(35-32(38)26-13-9-5-3-6-10-14-26)21-30(23-31)36-33(39)27-15-11-7-4-8-12-16-27/h21-28H,3-20H2,1-2H3,(H,35,38)(H,36,39)(H,37,40)/t25-,28+. The molecule has 0 aromatic heterocycles. The van der Waals surface area contributed by atoms with Gasteiger partial charge in [-0.1, -0.05) is 78.1 Å². The number of carbonyl (C=O) groups is 3. The Bertz CT molecular complexity index is 912. The Labute approximate surface area is 242 Å². The van der Waals surface area contributed by atoms with Gasteiger partial charge in [-0.2, -0.15) is 0 Å². The predicted molar refractivity (Wildman–Crippen MR) is 164 cm³/mol. The largest absolute Gasteiger partial charge is 0.326 e. The van der Waals surface area contributed by atoms with Gasteiger partial charge in [-0.15, -0.1) is 0 Å². The van der Waals surface area contributed by atoms with Crippen molar-refractivity contribution in [3.05, 3.63) is 18.2 Å². The van der Waals surface area contributed by atoms with E-state index in [1.807, 2.05) is 18.2 Å². The number of anilines is 3. The Kier molecular flexibility index (Phi) is 11.9. The van der Waals surface area contributed by atoms with E-state index in [1.54, 1.807) is 0 Å². The summed E-state index contributed by atoms with van der Waals surface area (Å²) in [4.78, 5) is 39.8. The van der Waals surface area contributed by atoms with E-state index in [-0.39, 0.29) is 35.5 Å². The molecular weight excluding hydrogens is 498 g/mol. The molecule has 1 aromatic rings. The summed E-state index contributed by atoms with van der Waals surface area (Å²) in [6.45, 7) is 4.54. The van der Waals surface area contributed by atoms with Crippen LogP contribution in [0.3, 0.4) is 0 Å². The normalized spacial score (nSPS) is 23.8. The minimum atomic E-state index is 0.0103. The van der Waals surface area contributed by atoms with Crippen molar-refractivity contribution in [1.82, 2.24) is 0 Å². The molecule has 0 atom stereocenters. The van der Waals surface area contributed by atoms with Crippen LogP contribution in [0.1, 0.15) is 129 Å². The first-order valence-electron chi connectivity index (χ1n) is 16.5. The molecule has 0 heterocycles. The van der Waals surface area contributed by atoms with Crippen LogP contribution in [0.5, 0.6) is 0 Å². The molecule has 6 heteroatoms. The molecule has 3 N–H and O–H groups in total. The number of hydrogen-bond acceptors (Lipinski definition) is 3. The fourth-order valence-electron chi connectivity index (χ4n) is 7.06. The maximum Gasteiger partial charge on any atom is 0.227 e. The van der Waals surface area contributed by atoms with Gasteiger partial charge in [0.2, 0.25) is 17.7 Å². The summed E-state index contributed by atoms with van der Waals surface area (Å²) < 4.78 is 0. The second-order valence-corrected chi connectivity index (χ2v) is 13.2. The minimum Gasteiger partial charge on any atom is -0.326 e. The zero-order valence-corrected chi connectivity index (χ0v) is 25.1. The zero-order chi connectivity index (χ0) is 28.3. The molecule has 0 radical (unpaired) electrons. The van der Waals surface area contributed by atoms with Crippen molar-refractivity contribution in [2.24, 2.45) is 29.6 Å². The van der Waals surface area contributed by atoms with Crippen molar-refractivity contribution < 1.29 is 14.4 Å². The minimum absolute atomic E-state index is 0.0103. The van der Waals surface area contributed by atoms with Crippen molar-refractivity contribution in [3.63, 3.8) is 0 Å². The Morgan fingerprint density at radius 2 is 0.800 bits per heavy atom. The quantitative estimate of drug-likeness (QED) is 0.317. The Balaban J connectivity index is 1.47. The lowest BCUT2D eigenvalue weighted by Crippen LogP contribution is -2.29. The predicted octanol–water partition coefficient (Wildman–Crippen LogP) is 8.69. The van der Waals surface area contributed by atoms with Crippen LogP contribution in [0.2, 0.25) is 0 Å². The number of hydrogen-bond donors (Lipinski definition) is 3. The van der Waals surface area contributed by atoms with E-state index in [4.69, 9.17) is 0 Å². The highest BCUT2D eigenvalue weighted by molar-refractivity contribution is 5.99. The third-order valence-electron chi connectivity index (χ3n) is 9.77. The van der Waals surface area contributed by atoms with E-state index in [1.165, 1.54) is 38.5 Å². The zero-order valence-electron chi connectivity index (χ0n) is 25.1. The first kappa shape index (κ1) is 30.6. The van der Waals surface area contributed by atoms with Crippen LogP contribution < -0.4 is 16.0 Å². The first-order valence-corrected chi connectivity index (χ1v) is 16.5. The van der Waals surface area contributed by atoms with Crippen LogP contribution in [0.15, 0.2) is 18.2 Å². The van der Waals surface area contributed by atoms with Crippen molar-refractivity contribution >= 4 is 34.8 Å². The van der Waals surface area contributed by atoms with Gasteiger partial charge in [0.1, 0.15) is 0 Å². The van der Waals surface area contributed by atoms with Crippen LogP contribution in [0, 0.1) is 29.6 Å². The Morgan fingerprint density at radius 3 is 1.12 bits per heavy atom. The van der Waals surface area contributed by atoms with E-state index in [2.05, 4.69) is 29.8 Å². The van der Waals surface area contributed by atoms with Crippen LogP contribution in [-0.2, 0) is 14.4 Å². The lowest BCUT2D eigenvalue weighted by molar-refractivity contribution is -0.121. The highest BCUT2D eigenvalue weighted by atomic mass is 16.2. The van der Waals surface area contributed by atoms with Crippen LogP contribution in [-0.4, -0.2) is 17.7 Å². The summed E-state index contributed by atoms with van der Waals surface area (Å²) in [5, 5.41) is 9.42. The molecule has 0 unspecified atom stereocenters. The van der Waals surface area contributed by atoms with Gasteiger partial charge in [0.15, 0.2) is 0 Å². The van der Waals surface area contributed by atoms with E-state index in [0.717, 1.165) is 77.0 Å². The molecule has 3 aliphatic carbocycles. The topological polar surface area (TPSA) is 87.3 Å². The molecule has 40 heavy (non-hydrogen) atoms. The average Bonchev–Trinajstić information content (AvgIpc) is 2.88. The van der Waals surface area contributed by atoms with Crippen LogP contribution >= 0.6 is 0 Å². The molecule has 3 amide bonds. The van der Waals surface area contributed by atoms with Gasteiger partial charge in [0.25, 0.3) is 0 Å². The molecule has 0 spiro atoms. The third-order valence-corrected chi connectivity index (χ3v) is 9.77. The number of carbonyl (C=O) groups excluding carboxylic acids is 3. The van der Waals surface area contributed by atoms with E-state index in [0.29, 0.717) is 28.9 Å². The smallest absolute Gasteiger partial charge is 0.227 e. The molecule has 3 saturated carbocycles. The average molecular weight is 552 g/mol. The van der Waals surface area contributed by atoms with E-state index < -0.39 is 0 Å². The lowest BCUT2D eigenvalue weighted by Gasteiger charge is -2.30. The summed E-state index contributed by atoms with van der Waals surface area (Å²) in [5.74, 6) is 1.55. The molecule has 0 aliphatic heterocycles. The third kappa shape index (κ3) is 9.34. The van der Waals surface area contributed by atoms with E-state index >= 15 is 0 Å². The summed E-state index contributed by atoms with van der Waals surface area (Å²) in [6.07, 6.45) is 19.4. The van der Waals surface area contributed by atoms with E-state index in [9.17, 15) is 14.4 Å². The highest BCUT2D eigenvalue weighted by Gasteiger charge is 2.28. The SMILES string of the molecule is CC(C)[C@H]1CC[C@@H](C(=O)Nc2cc(NC(=O)C3CCCCCCC3)cc(NC(=O)C3CCCCCCC3)c2)CC1. The fraction of sp³-hybridized carbons (Fsp3) is 0.735. The van der Waals surface area contributed by atoms with Gasteiger partial charge in [0, 0.05) is 34.8 Å². The van der Waals surface area contributed by atoms with Crippen molar-refractivity contribution in [2.45, 2.75) is 129 Å². The van der Waals surface area contributed by atoms with Gasteiger partial charge in [0.05, 0.1) is 0 Å². The van der Waals surface area contributed by atoms with Crippen molar-refractivity contribution in [1.29, 1.82) is 0 Å². The maximum atomic E-state index is 13.3. The van der Waals surface area contributed by atoms with Crippen LogP contribution in [0.4, 0.5) is 17.1 Å². The van der Waals surface area contributed by atoms with Crippen LogP contribution in [0.25, 0.3) is 0 Å². The molecule has 222 valence electrons. The second-order valence-electron chi connectivity index (χ2n) is 13.2. The molecule has 1 aromatic carbocycles. The molecular formula is C34H53N3O3. The summed E-state index contributed by atoms with van der Waals surface area (Å²) in [7, 11) is 0. The Hall–Kier alpha value is -2.37. The molecule has 3 fully saturated rings. The second kappa shape index (κ2) is 15.6. The first-order chi connectivity index (χ1) is 19.4. The van der Waals surface area contributed by atoms with Crippen molar-refractivity contribution in [3.8, 4) is 0 Å². The molecule has 4 rings (SSSR count). The molecule has 0 saturated heterocycles. The fourth-order valence-corrected chi connectivity index (χ4v) is 7.06. The maximum absolute atomic E-state index is 13.3. The number of nitrogens with one attached hydrogen (secondary N) is 3. The summed E-state index contributed by atoms with van der Waals surface area (Å²) >= 11 is 0. The Morgan fingerprint density at radius 1 is 0.500 bits per heavy atom. The van der Waals surface area contributed by atoms with Gasteiger partial charge < -0.3 is 16.0 Å². The van der Waals surface area contributed by atoms with Gasteiger partial charge >= 0.3 is 0 Å². The number of benzene rings is 1. The molecule has 3 aliphatic rings. The van der Waals surface area contributed by atoms with Gasteiger partial charge in [-0.05, 0) is 81.4 Å². The lowest BCUT2D eigenvalue weighted by atomic mass is 9.76. The molecule has 6 nitrogen and oxygen atoms in total. The summed E-state index contributed by atoms with van der Waals surface area (Å²) in [5.41, 5.74) is 1.92.